The molecule has 2 aromatic carbocycles. The van der Waals surface area contributed by atoms with Gasteiger partial charge in [0.05, 0.1) is 6.04 Å². The summed E-state index contributed by atoms with van der Waals surface area (Å²) < 4.78 is 0. The largest absolute Gasteiger partial charge is 0.378 e. The number of rotatable bonds is 2. The number of carbonyl (C=O) groups is 1. The van der Waals surface area contributed by atoms with Gasteiger partial charge in [-0.15, -0.1) is 0 Å². The van der Waals surface area contributed by atoms with Crippen LogP contribution in [0.2, 0.25) is 5.02 Å². The fourth-order valence-electron chi connectivity index (χ4n) is 3.88. The molecule has 2 aliphatic rings. The molecule has 1 heterocycles. The second-order valence-corrected chi connectivity index (χ2v) is 6.84. The Morgan fingerprint density at radius 2 is 2.00 bits per heavy atom. The van der Waals surface area contributed by atoms with E-state index in [2.05, 4.69) is 34.9 Å². The molecule has 0 bridgehead atoms. The summed E-state index contributed by atoms with van der Waals surface area (Å²) in [6.45, 7) is 0. The van der Waals surface area contributed by atoms with Crippen LogP contribution in [0, 0.1) is 5.92 Å². The van der Waals surface area contributed by atoms with E-state index in [-0.39, 0.29) is 11.9 Å². The van der Waals surface area contributed by atoms with Gasteiger partial charge in [-0.2, -0.15) is 0 Å². The smallest absolute Gasteiger partial charge is 0.251 e. The number of amides is 1. The lowest BCUT2D eigenvalue weighted by Crippen LogP contribution is -2.29. The maximum absolute atomic E-state index is 11.9. The van der Waals surface area contributed by atoms with Crippen LogP contribution in [0.3, 0.4) is 0 Å². The van der Waals surface area contributed by atoms with E-state index in [4.69, 9.17) is 11.6 Å². The standard InChI is InChI=1S/C20H19ClN2O/c1-22-20(24)13-7-10-18-17(11-13)15-3-2-4-16(15)19(23-18)12-5-8-14(21)9-6-12/h2-3,5-11,15-16,19,23H,4H2,1H3,(H,22,24)/t15-,16+,19-/m1/s1. The summed E-state index contributed by atoms with van der Waals surface area (Å²) in [5, 5.41) is 7.13. The molecular formula is C20H19ClN2O. The monoisotopic (exact) mass is 338 g/mol. The van der Waals surface area contributed by atoms with Crippen LogP contribution in [0.15, 0.2) is 54.6 Å². The van der Waals surface area contributed by atoms with Crippen molar-refractivity contribution in [3.8, 4) is 0 Å². The van der Waals surface area contributed by atoms with Gasteiger partial charge in [-0.1, -0.05) is 35.9 Å². The number of fused-ring (bicyclic) bond motifs is 3. The molecule has 1 aliphatic heterocycles. The third-order valence-corrected chi connectivity index (χ3v) is 5.33. The number of allylic oxidation sites excluding steroid dienone is 2. The predicted octanol–water partition coefficient (Wildman–Crippen LogP) is 4.53. The van der Waals surface area contributed by atoms with Gasteiger partial charge in [-0.3, -0.25) is 4.79 Å². The van der Waals surface area contributed by atoms with E-state index in [1.165, 1.54) is 11.1 Å². The van der Waals surface area contributed by atoms with E-state index < -0.39 is 0 Å². The lowest BCUT2D eigenvalue weighted by Gasteiger charge is -2.37. The van der Waals surface area contributed by atoms with E-state index in [0.29, 0.717) is 17.4 Å². The molecule has 4 rings (SSSR count). The van der Waals surface area contributed by atoms with Crippen molar-refractivity contribution in [1.29, 1.82) is 0 Å². The summed E-state index contributed by atoms with van der Waals surface area (Å²) in [6, 6.07) is 14.2. The average Bonchev–Trinajstić information content (AvgIpc) is 3.11. The van der Waals surface area contributed by atoms with Gasteiger partial charge < -0.3 is 10.6 Å². The van der Waals surface area contributed by atoms with Gasteiger partial charge in [0.2, 0.25) is 0 Å². The molecular weight excluding hydrogens is 320 g/mol. The molecule has 0 unspecified atom stereocenters. The van der Waals surface area contributed by atoms with E-state index in [9.17, 15) is 4.79 Å². The molecule has 0 saturated carbocycles. The molecule has 24 heavy (non-hydrogen) atoms. The topological polar surface area (TPSA) is 41.1 Å². The van der Waals surface area contributed by atoms with Gasteiger partial charge in [-0.05, 0) is 53.8 Å². The fraction of sp³-hybridized carbons (Fsp3) is 0.250. The maximum atomic E-state index is 11.9. The molecule has 0 spiro atoms. The number of halogens is 1. The highest BCUT2D eigenvalue weighted by atomic mass is 35.5. The van der Waals surface area contributed by atoms with Crippen molar-refractivity contribution < 1.29 is 4.79 Å². The maximum Gasteiger partial charge on any atom is 0.251 e. The van der Waals surface area contributed by atoms with Crippen molar-refractivity contribution in [3.63, 3.8) is 0 Å². The van der Waals surface area contributed by atoms with E-state index in [0.717, 1.165) is 17.1 Å². The van der Waals surface area contributed by atoms with Crippen LogP contribution in [0.25, 0.3) is 0 Å². The highest BCUT2D eigenvalue weighted by Crippen LogP contribution is 2.49. The van der Waals surface area contributed by atoms with Crippen molar-refractivity contribution >= 4 is 23.2 Å². The summed E-state index contributed by atoms with van der Waals surface area (Å²) in [5.41, 5.74) is 4.27. The normalized spacial score (nSPS) is 24.0. The Hall–Kier alpha value is -2.26. The van der Waals surface area contributed by atoms with Crippen molar-refractivity contribution in [2.75, 3.05) is 12.4 Å². The number of carbonyl (C=O) groups excluding carboxylic acids is 1. The van der Waals surface area contributed by atoms with E-state index in [1.54, 1.807) is 7.05 Å². The minimum Gasteiger partial charge on any atom is -0.378 e. The minimum absolute atomic E-state index is 0.0452. The van der Waals surface area contributed by atoms with Crippen LogP contribution in [0.1, 0.15) is 39.9 Å². The highest BCUT2D eigenvalue weighted by Gasteiger charge is 2.38. The second-order valence-electron chi connectivity index (χ2n) is 6.41. The Labute approximate surface area is 146 Å². The van der Waals surface area contributed by atoms with Crippen LogP contribution >= 0.6 is 11.6 Å². The summed E-state index contributed by atoms with van der Waals surface area (Å²) in [5.74, 6) is 0.751. The Morgan fingerprint density at radius 1 is 1.21 bits per heavy atom. The molecule has 1 aliphatic carbocycles. The number of hydrogen-bond acceptors (Lipinski definition) is 2. The molecule has 122 valence electrons. The summed E-state index contributed by atoms with van der Waals surface area (Å²) in [6.07, 6.45) is 5.57. The second kappa shape index (κ2) is 5.99. The Morgan fingerprint density at radius 3 is 2.75 bits per heavy atom. The third kappa shape index (κ3) is 2.49. The molecule has 4 heteroatoms. The zero-order valence-corrected chi connectivity index (χ0v) is 14.2. The first-order valence-corrected chi connectivity index (χ1v) is 8.60. The van der Waals surface area contributed by atoms with Gasteiger partial charge in [0, 0.05) is 29.2 Å². The van der Waals surface area contributed by atoms with Crippen LogP contribution in [-0.4, -0.2) is 13.0 Å². The lowest BCUT2D eigenvalue weighted by atomic mass is 9.76. The molecule has 3 nitrogen and oxygen atoms in total. The Balaban J connectivity index is 1.74. The summed E-state index contributed by atoms with van der Waals surface area (Å²) in [7, 11) is 1.66. The first-order valence-electron chi connectivity index (χ1n) is 8.22. The minimum atomic E-state index is -0.0452. The number of nitrogens with one attached hydrogen (secondary N) is 2. The molecule has 0 radical (unpaired) electrons. The lowest BCUT2D eigenvalue weighted by molar-refractivity contribution is 0.0963. The zero-order chi connectivity index (χ0) is 16.7. The Kier molecular flexibility index (Phi) is 3.81. The fourth-order valence-corrected chi connectivity index (χ4v) is 4.01. The van der Waals surface area contributed by atoms with Gasteiger partial charge in [0.1, 0.15) is 0 Å². The molecule has 0 saturated heterocycles. The number of anilines is 1. The molecule has 2 N–H and O–H groups in total. The SMILES string of the molecule is CNC(=O)c1ccc2c(c1)[C@@H]1C=CC[C@@H]1[C@@H](c1ccc(Cl)cc1)N2. The Bertz CT molecular complexity index is 813. The molecule has 3 atom stereocenters. The molecule has 0 aromatic heterocycles. The highest BCUT2D eigenvalue weighted by molar-refractivity contribution is 6.30. The van der Waals surface area contributed by atoms with E-state index in [1.807, 2.05) is 30.3 Å². The molecule has 1 amide bonds. The van der Waals surface area contributed by atoms with Crippen molar-refractivity contribution in [2.45, 2.75) is 18.4 Å². The number of hydrogen-bond donors (Lipinski definition) is 2. The van der Waals surface area contributed by atoms with Crippen molar-refractivity contribution in [1.82, 2.24) is 5.32 Å². The van der Waals surface area contributed by atoms with Crippen LogP contribution in [0.4, 0.5) is 5.69 Å². The quantitative estimate of drug-likeness (QED) is 0.790. The molecule has 0 fully saturated rings. The van der Waals surface area contributed by atoms with Gasteiger partial charge in [-0.25, -0.2) is 0 Å². The average molecular weight is 339 g/mol. The summed E-state index contributed by atoms with van der Waals surface area (Å²) in [4.78, 5) is 11.9. The van der Waals surface area contributed by atoms with Crippen molar-refractivity contribution in [2.24, 2.45) is 5.92 Å². The van der Waals surface area contributed by atoms with Crippen LogP contribution < -0.4 is 10.6 Å². The number of benzene rings is 2. The summed E-state index contributed by atoms with van der Waals surface area (Å²) >= 11 is 6.03. The van der Waals surface area contributed by atoms with Crippen LogP contribution in [-0.2, 0) is 0 Å². The van der Waals surface area contributed by atoms with Gasteiger partial charge in [0.15, 0.2) is 0 Å². The first kappa shape index (κ1) is 15.3. The molecule has 2 aromatic rings. The van der Waals surface area contributed by atoms with E-state index >= 15 is 0 Å². The van der Waals surface area contributed by atoms with Gasteiger partial charge >= 0.3 is 0 Å². The van der Waals surface area contributed by atoms with Gasteiger partial charge in [0.25, 0.3) is 5.91 Å². The van der Waals surface area contributed by atoms with Crippen molar-refractivity contribution in [3.05, 3.63) is 76.3 Å². The third-order valence-electron chi connectivity index (χ3n) is 5.08. The zero-order valence-electron chi connectivity index (χ0n) is 13.4. The first-order chi connectivity index (χ1) is 11.7. The van der Waals surface area contributed by atoms with Crippen LogP contribution in [0.5, 0.6) is 0 Å². The predicted molar refractivity (Wildman–Crippen MR) is 97.6 cm³/mol.